The van der Waals surface area contributed by atoms with Gasteiger partial charge in [-0.05, 0) is 112 Å². The van der Waals surface area contributed by atoms with Gasteiger partial charge in [-0.15, -0.1) is 0 Å². The predicted molar refractivity (Wildman–Crippen MR) is 353 cm³/mol. The molecule has 7 rings (SSSR count). The lowest BCUT2D eigenvalue weighted by Crippen LogP contribution is -2.53. The molecule has 4 fully saturated rings. The molecular formula is C68H94ClN7O16S. The maximum absolute atomic E-state index is 14.7. The summed E-state index contributed by atoms with van der Waals surface area (Å²) < 4.78 is 35.8. The number of esters is 2. The molecule has 510 valence electrons. The SMILES string of the molecule is COc1cc2cc(c1Cl)N(C)C(=O)C[C@H](OC(=O)[C@H](C)N(C)C(=O)c1ccc(CC(=O)[C@H](CCCNC(N)=O)NC(=O)[C@@H](CC(=S)CCCCCN3C(=O)CC(C)C3=O)C(C)C)c(N3CCOCC3)c1)[C@]1(C)O[C@H]1[C@H](C)[C@@H]1C[C@@](O)(CC(=O)O1)[C@H](OC)/C=C/C=C(\C)C2. The maximum Gasteiger partial charge on any atom is 0.328 e. The Labute approximate surface area is 556 Å². The first kappa shape index (κ1) is 73.6. The number of epoxide rings is 1. The molecule has 5 heterocycles. The van der Waals surface area contributed by atoms with Gasteiger partial charge >= 0.3 is 18.0 Å². The van der Waals surface area contributed by atoms with Gasteiger partial charge in [0.1, 0.15) is 46.3 Å². The van der Waals surface area contributed by atoms with Crippen molar-refractivity contribution in [2.24, 2.45) is 29.4 Å². The van der Waals surface area contributed by atoms with E-state index in [0.29, 0.717) is 92.5 Å². The van der Waals surface area contributed by atoms with Crippen molar-refractivity contribution in [3.05, 3.63) is 75.8 Å². The fourth-order valence-corrected chi connectivity index (χ4v) is 13.5. The third-order valence-electron chi connectivity index (χ3n) is 18.8. The number of unbranched alkanes of at least 4 members (excludes halogenated alkanes) is 2. The number of fused-ring (bicyclic) bond motifs is 5. The normalized spacial score (nSPS) is 26.2. The number of halogens is 1. The zero-order valence-electron chi connectivity index (χ0n) is 55.6. The molecule has 0 saturated carbocycles. The number of likely N-dealkylation sites (tertiary alicyclic amines) is 1. The van der Waals surface area contributed by atoms with E-state index in [1.54, 1.807) is 70.3 Å². The lowest BCUT2D eigenvalue weighted by Gasteiger charge is -2.41. The van der Waals surface area contributed by atoms with Crippen LogP contribution in [0.2, 0.25) is 5.02 Å². The summed E-state index contributed by atoms with van der Waals surface area (Å²) in [4.78, 5) is 129. The average Bonchev–Trinajstić information content (AvgIpc) is 1.58. The number of primary amides is 1. The second-order valence-corrected chi connectivity index (χ2v) is 27.1. The standard InChI is InChI=1S/C68H94ClN7O16S/c1-39(2)48(35-47(93)18-13-12-14-24-76-58(79)30-41(4)63(76)82)62(81)72-49(19-16-23-71-66(70)85)52(77)34-45-21-22-46(33-50(45)75-25-27-89-28-26-75)64(83)73(8)43(6)65(84)91-56-36-57(78)74(9)51-31-44(32-53(87-10)60(51)69)29-40(3)17-15-20-55(88-11)68(86)37-54(90-59(80)38-68)42(5)61-67(56,7)92-61/h15,17,20-22,31-33,39,41-43,48-49,54-56,61,86H,12-14,16,18-19,23-30,34-38H2,1-11H3,(H,72,81)(H3,70,71,85)/b20-15+,40-17+/t41?,42-,43+,48+,49+,54+,55-,56+,61+,67+,68-/m1/s1. The number of hydrogen-bond donors (Lipinski definition) is 4. The van der Waals surface area contributed by atoms with Gasteiger partial charge in [-0.1, -0.05) is 87.8 Å². The van der Waals surface area contributed by atoms with Crippen molar-refractivity contribution in [2.75, 3.05) is 77.5 Å². The van der Waals surface area contributed by atoms with Gasteiger partial charge in [-0.2, -0.15) is 0 Å². The molecule has 5 aliphatic heterocycles. The van der Waals surface area contributed by atoms with E-state index in [1.165, 1.54) is 42.9 Å². The van der Waals surface area contributed by atoms with E-state index in [9.17, 15) is 48.3 Å². The van der Waals surface area contributed by atoms with E-state index >= 15 is 0 Å². The Balaban J connectivity index is 1.09. The molecule has 5 N–H and O–H groups in total. The van der Waals surface area contributed by atoms with Crippen molar-refractivity contribution in [3.63, 3.8) is 0 Å². The second-order valence-electron chi connectivity index (χ2n) is 26.1. The van der Waals surface area contributed by atoms with Gasteiger partial charge < -0.3 is 64.6 Å². The molecule has 2 aromatic rings. The number of imide groups is 1. The largest absolute Gasteiger partial charge is 0.495 e. The van der Waals surface area contributed by atoms with Crippen LogP contribution in [-0.2, 0) is 70.1 Å². The third-order valence-corrected chi connectivity index (χ3v) is 19.6. The topological polar surface area (TPSA) is 296 Å². The molecule has 1 unspecified atom stereocenters. The number of anilines is 2. The van der Waals surface area contributed by atoms with Crippen molar-refractivity contribution in [3.8, 4) is 5.75 Å². The molecule has 5 aliphatic rings. The van der Waals surface area contributed by atoms with Crippen LogP contribution in [0, 0.1) is 23.7 Å². The van der Waals surface area contributed by atoms with Crippen LogP contribution in [0.15, 0.2) is 54.1 Å². The Morgan fingerprint density at radius 1 is 0.968 bits per heavy atom. The minimum absolute atomic E-state index is 0.0155. The van der Waals surface area contributed by atoms with E-state index < -0.39 is 95.7 Å². The number of morpholine rings is 1. The number of thiocarbonyl (C=S) groups is 1. The van der Waals surface area contributed by atoms with Gasteiger partial charge in [0.15, 0.2) is 5.78 Å². The van der Waals surface area contributed by atoms with E-state index in [2.05, 4.69) is 10.6 Å². The van der Waals surface area contributed by atoms with Gasteiger partial charge in [0.25, 0.3) is 5.91 Å². The zero-order chi connectivity index (χ0) is 68.2. The lowest BCUT2D eigenvalue weighted by molar-refractivity contribution is -0.187. The van der Waals surface area contributed by atoms with Gasteiger partial charge in [0.05, 0.1) is 51.0 Å². The van der Waals surface area contributed by atoms with Gasteiger partial charge in [-0.25, -0.2) is 9.59 Å². The fraction of sp³-hybridized carbons (Fsp3) is 0.618. The van der Waals surface area contributed by atoms with Gasteiger partial charge in [0.2, 0.25) is 23.6 Å². The van der Waals surface area contributed by atoms with E-state index in [-0.39, 0.29) is 84.6 Å². The molecule has 0 aromatic heterocycles. The fourth-order valence-electron chi connectivity index (χ4n) is 12.8. The summed E-state index contributed by atoms with van der Waals surface area (Å²) >= 11 is 12.7. The lowest BCUT2D eigenvalue weighted by atomic mass is 9.78. The molecule has 7 amide bonds. The zero-order valence-corrected chi connectivity index (χ0v) is 57.1. The number of ether oxygens (including phenoxy) is 6. The number of rotatable bonds is 25. The number of nitrogens with zero attached hydrogens (tertiary/aromatic N) is 4. The van der Waals surface area contributed by atoms with E-state index in [0.717, 1.165) is 24.0 Å². The minimum atomic E-state index is -1.67. The van der Waals surface area contributed by atoms with Crippen molar-refractivity contribution >= 4 is 93.3 Å². The first-order chi connectivity index (χ1) is 44.0. The molecule has 11 atom stereocenters. The monoisotopic (exact) mass is 1330 g/mol. The molecule has 4 saturated heterocycles. The number of allylic oxidation sites excluding steroid dienone is 3. The van der Waals surface area contributed by atoms with Crippen LogP contribution < -0.4 is 30.9 Å². The summed E-state index contributed by atoms with van der Waals surface area (Å²) in [6, 6.07) is 5.50. The third kappa shape index (κ3) is 18.6. The van der Waals surface area contributed by atoms with Crippen LogP contribution in [0.1, 0.15) is 141 Å². The van der Waals surface area contributed by atoms with Crippen LogP contribution in [-0.4, -0.2) is 188 Å². The summed E-state index contributed by atoms with van der Waals surface area (Å²) in [5.74, 6) is -4.82. The number of benzene rings is 2. The molecule has 23 nitrogen and oxygen atoms in total. The Morgan fingerprint density at radius 3 is 2.34 bits per heavy atom. The number of carbonyl (C=O) groups excluding carboxylic acids is 9. The quantitative estimate of drug-likeness (QED) is 0.0257. The molecule has 2 aromatic carbocycles. The Kier molecular flexibility index (Phi) is 25.7. The van der Waals surface area contributed by atoms with E-state index in [1.807, 2.05) is 31.7 Å². The summed E-state index contributed by atoms with van der Waals surface area (Å²) in [5.41, 5.74) is 5.66. The molecule has 0 spiro atoms. The number of urea groups is 1. The number of amides is 7. The molecule has 0 aliphatic carbocycles. The summed E-state index contributed by atoms with van der Waals surface area (Å²) in [5, 5.41) is 17.9. The highest BCUT2D eigenvalue weighted by Crippen LogP contribution is 2.50. The molecule has 25 heteroatoms. The number of hydrogen-bond acceptors (Lipinski definition) is 18. The Bertz CT molecular complexity index is 3190. The van der Waals surface area contributed by atoms with Crippen LogP contribution in [0.4, 0.5) is 16.2 Å². The molecular weight excluding hydrogens is 1240 g/mol. The number of likely N-dealkylation sites (N-methyl/N-ethyl adjacent to an activating group) is 1. The number of nitrogens with two attached hydrogens (primary N) is 1. The van der Waals surface area contributed by atoms with Crippen LogP contribution >= 0.6 is 23.8 Å². The van der Waals surface area contributed by atoms with Gasteiger partial charge in [0, 0.05) is 95.7 Å². The van der Waals surface area contributed by atoms with Crippen molar-refractivity contribution in [1.29, 1.82) is 0 Å². The van der Waals surface area contributed by atoms with Crippen LogP contribution in [0.25, 0.3) is 0 Å². The number of nitrogens with one attached hydrogen (secondary N) is 2. The highest BCUT2D eigenvalue weighted by atomic mass is 35.5. The summed E-state index contributed by atoms with van der Waals surface area (Å²) in [6.45, 7) is 14.6. The van der Waals surface area contributed by atoms with Crippen molar-refractivity contribution < 1.29 is 76.7 Å². The van der Waals surface area contributed by atoms with Gasteiger partial charge in [-0.3, -0.25) is 38.5 Å². The number of carbonyl (C=O) groups is 9. The minimum Gasteiger partial charge on any atom is -0.495 e. The van der Waals surface area contributed by atoms with Crippen molar-refractivity contribution in [1.82, 2.24) is 20.4 Å². The van der Waals surface area contributed by atoms with Crippen molar-refractivity contribution in [2.45, 2.75) is 180 Å². The number of methoxy groups -OCH3 is 2. The first-order valence-corrected chi connectivity index (χ1v) is 33.0. The number of Topliss-reactive ketones (excluding diaryl/α,β-unsaturated/α-hetero) is 1. The highest BCUT2D eigenvalue weighted by Gasteiger charge is 2.64. The average molecular weight is 1330 g/mol. The maximum atomic E-state index is 14.7. The first-order valence-electron chi connectivity index (χ1n) is 32.3. The Morgan fingerprint density at radius 2 is 1.69 bits per heavy atom. The molecule has 4 bridgehead atoms. The molecule has 0 radical (unpaired) electrons. The summed E-state index contributed by atoms with van der Waals surface area (Å²) in [7, 11) is 5.92. The predicted octanol–water partition coefficient (Wildman–Crippen LogP) is 6.95. The van der Waals surface area contributed by atoms with E-state index in [4.69, 9.17) is 58.0 Å². The number of aliphatic hydroxyl groups is 1. The van der Waals surface area contributed by atoms with Crippen LogP contribution in [0.3, 0.4) is 0 Å². The molecule has 93 heavy (non-hydrogen) atoms. The van der Waals surface area contributed by atoms with Crippen LogP contribution in [0.5, 0.6) is 5.75 Å². The number of ketones is 1. The highest BCUT2D eigenvalue weighted by molar-refractivity contribution is 7.80. The summed E-state index contributed by atoms with van der Waals surface area (Å²) in [6.07, 6.45) is 4.66. The smallest absolute Gasteiger partial charge is 0.328 e. The Hall–Kier alpha value is -6.83. The second kappa shape index (κ2) is 32.5.